The minimum absolute atomic E-state index is 0.261. The standard InChI is InChI=1S/C16H18N2O2S/c1-3-14(15-18-17-11-21-15)4-2-12(1)13-5-7-16(8-6-13)19-9-10-20-16/h1-4,11,13H,5-10H2. The summed E-state index contributed by atoms with van der Waals surface area (Å²) in [5.41, 5.74) is 4.33. The van der Waals surface area contributed by atoms with Gasteiger partial charge in [-0.25, -0.2) is 0 Å². The Balaban J connectivity index is 1.45. The summed E-state index contributed by atoms with van der Waals surface area (Å²) in [6.45, 7) is 1.50. The van der Waals surface area contributed by atoms with Crippen molar-refractivity contribution in [1.29, 1.82) is 0 Å². The Morgan fingerprint density at radius 1 is 1.05 bits per heavy atom. The topological polar surface area (TPSA) is 44.2 Å². The number of aromatic nitrogens is 2. The van der Waals surface area contributed by atoms with E-state index in [0.29, 0.717) is 5.92 Å². The molecule has 1 saturated heterocycles. The van der Waals surface area contributed by atoms with Crippen LogP contribution >= 0.6 is 11.3 Å². The zero-order valence-corrected chi connectivity index (χ0v) is 12.6. The summed E-state index contributed by atoms with van der Waals surface area (Å²) >= 11 is 1.57. The molecule has 1 aromatic carbocycles. The lowest BCUT2D eigenvalue weighted by Crippen LogP contribution is -2.34. The molecule has 110 valence electrons. The molecule has 4 rings (SSSR count). The van der Waals surface area contributed by atoms with Gasteiger partial charge in [-0.15, -0.1) is 10.2 Å². The van der Waals surface area contributed by atoms with Gasteiger partial charge in [0, 0.05) is 18.4 Å². The fourth-order valence-electron chi connectivity index (χ4n) is 3.37. The summed E-state index contributed by atoms with van der Waals surface area (Å²) in [5, 5.41) is 8.99. The first kappa shape index (κ1) is 13.4. The first-order chi connectivity index (χ1) is 10.3. The zero-order chi connectivity index (χ0) is 14.1. The molecule has 2 fully saturated rings. The van der Waals surface area contributed by atoms with E-state index in [-0.39, 0.29) is 5.79 Å². The largest absolute Gasteiger partial charge is 0.348 e. The average Bonchev–Trinajstić information content (AvgIpc) is 3.21. The van der Waals surface area contributed by atoms with Crippen molar-refractivity contribution in [2.45, 2.75) is 37.4 Å². The van der Waals surface area contributed by atoms with E-state index in [4.69, 9.17) is 9.47 Å². The highest BCUT2D eigenvalue weighted by atomic mass is 32.1. The van der Waals surface area contributed by atoms with Gasteiger partial charge in [0.1, 0.15) is 10.5 Å². The normalized spacial score (nSPS) is 21.9. The van der Waals surface area contributed by atoms with Crippen LogP contribution in [0.4, 0.5) is 0 Å². The summed E-state index contributed by atoms with van der Waals surface area (Å²) < 4.78 is 11.6. The first-order valence-electron chi connectivity index (χ1n) is 7.49. The Hall–Kier alpha value is -1.30. The maximum Gasteiger partial charge on any atom is 0.168 e. The third-order valence-corrected chi connectivity index (χ3v) is 5.29. The summed E-state index contributed by atoms with van der Waals surface area (Å²) in [7, 11) is 0. The van der Waals surface area contributed by atoms with Crippen LogP contribution in [-0.2, 0) is 9.47 Å². The second-order valence-corrected chi connectivity index (χ2v) is 6.58. The van der Waals surface area contributed by atoms with E-state index in [2.05, 4.69) is 34.5 Å². The highest BCUT2D eigenvalue weighted by molar-refractivity contribution is 7.12. The predicted octanol–water partition coefficient (Wildman–Crippen LogP) is 3.61. The SMILES string of the molecule is c1nnc(-c2ccc(C3CCC4(CC3)OCCO4)cc2)s1. The van der Waals surface area contributed by atoms with Gasteiger partial charge in [0.25, 0.3) is 0 Å². The molecule has 1 spiro atoms. The number of ether oxygens (including phenoxy) is 2. The first-order valence-corrected chi connectivity index (χ1v) is 8.37. The van der Waals surface area contributed by atoms with Crippen molar-refractivity contribution in [1.82, 2.24) is 10.2 Å². The molecule has 2 aromatic rings. The number of nitrogens with zero attached hydrogens (tertiary/aromatic N) is 2. The van der Waals surface area contributed by atoms with Crippen LogP contribution in [0.3, 0.4) is 0 Å². The minimum Gasteiger partial charge on any atom is -0.348 e. The van der Waals surface area contributed by atoms with Crippen molar-refractivity contribution >= 4 is 11.3 Å². The van der Waals surface area contributed by atoms with Gasteiger partial charge < -0.3 is 9.47 Å². The fraction of sp³-hybridized carbons (Fsp3) is 0.500. The smallest absolute Gasteiger partial charge is 0.168 e. The molecule has 0 unspecified atom stereocenters. The number of hydrogen-bond acceptors (Lipinski definition) is 5. The van der Waals surface area contributed by atoms with Crippen LogP contribution in [0.25, 0.3) is 10.6 Å². The minimum atomic E-state index is -0.261. The van der Waals surface area contributed by atoms with Gasteiger partial charge in [-0.3, -0.25) is 0 Å². The second-order valence-electron chi connectivity index (χ2n) is 5.75. The Labute approximate surface area is 128 Å². The molecule has 1 aliphatic heterocycles. The molecule has 2 aliphatic rings. The van der Waals surface area contributed by atoms with Gasteiger partial charge in [0.05, 0.1) is 13.2 Å². The lowest BCUT2D eigenvalue weighted by molar-refractivity contribution is -0.178. The van der Waals surface area contributed by atoms with Gasteiger partial charge >= 0.3 is 0 Å². The lowest BCUT2D eigenvalue weighted by atomic mass is 9.81. The van der Waals surface area contributed by atoms with Crippen LogP contribution in [0, 0.1) is 0 Å². The Morgan fingerprint density at radius 3 is 2.38 bits per heavy atom. The molecular weight excluding hydrogens is 284 g/mol. The van der Waals surface area contributed by atoms with E-state index in [1.165, 1.54) is 5.56 Å². The quantitative estimate of drug-likeness (QED) is 0.850. The Morgan fingerprint density at radius 2 is 1.76 bits per heavy atom. The van der Waals surface area contributed by atoms with E-state index in [1.807, 2.05) is 0 Å². The van der Waals surface area contributed by atoms with Crippen LogP contribution in [0.1, 0.15) is 37.2 Å². The zero-order valence-electron chi connectivity index (χ0n) is 11.8. The van der Waals surface area contributed by atoms with Crippen LogP contribution in [0.5, 0.6) is 0 Å². The van der Waals surface area contributed by atoms with Gasteiger partial charge in [-0.1, -0.05) is 35.6 Å². The molecular formula is C16H18N2O2S. The van der Waals surface area contributed by atoms with Crippen LogP contribution in [0.15, 0.2) is 29.8 Å². The van der Waals surface area contributed by atoms with Crippen LogP contribution in [-0.4, -0.2) is 29.2 Å². The second kappa shape index (κ2) is 5.48. The molecule has 0 bridgehead atoms. The maximum atomic E-state index is 5.80. The van der Waals surface area contributed by atoms with E-state index < -0.39 is 0 Å². The Bertz CT molecular complexity index is 581. The molecule has 2 heterocycles. The molecule has 0 atom stereocenters. The third-order valence-electron chi connectivity index (χ3n) is 4.55. The lowest BCUT2D eigenvalue weighted by Gasteiger charge is -2.35. The molecule has 0 N–H and O–H groups in total. The van der Waals surface area contributed by atoms with E-state index >= 15 is 0 Å². The number of hydrogen-bond donors (Lipinski definition) is 0. The molecule has 1 saturated carbocycles. The van der Waals surface area contributed by atoms with Crippen molar-refractivity contribution < 1.29 is 9.47 Å². The third kappa shape index (κ3) is 2.61. The molecule has 1 aromatic heterocycles. The van der Waals surface area contributed by atoms with Crippen LogP contribution < -0.4 is 0 Å². The van der Waals surface area contributed by atoms with Gasteiger partial charge in [-0.2, -0.15) is 0 Å². The van der Waals surface area contributed by atoms with Crippen molar-refractivity contribution in [3.05, 3.63) is 35.3 Å². The number of benzene rings is 1. The highest BCUT2D eigenvalue weighted by Crippen LogP contribution is 2.42. The monoisotopic (exact) mass is 302 g/mol. The van der Waals surface area contributed by atoms with Crippen molar-refractivity contribution in [3.8, 4) is 10.6 Å². The molecule has 0 radical (unpaired) electrons. The van der Waals surface area contributed by atoms with Crippen LogP contribution in [0.2, 0.25) is 0 Å². The van der Waals surface area contributed by atoms with Gasteiger partial charge in [0.2, 0.25) is 0 Å². The number of rotatable bonds is 2. The maximum absolute atomic E-state index is 5.80. The Kier molecular flexibility index (Phi) is 3.49. The molecule has 21 heavy (non-hydrogen) atoms. The molecule has 0 amide bonds. The summed E-state index contributed by atoms with van der Waals surface area (Å²) in [4.78, 5) is 0. The van der Waals surface area contributed by atoms with E-state index in [0.717, 1.165) is 49.5 Å². The average molecular weight is 302 g/mol. The van der Waals surface area contributed by atoms with E-state index in [1.54, 1.807) is 16.8 Å². The van der Waals surface area contributed by atoms with Crippen molar-refractivity contribution in [3.63, 3.8) is 0 Å². The highest BCUT2D eigenvalue weighted by Gasteiger charge is 2.40. The molecule has 1 aliphatic carbocycles. The predicted molar refractivity (Wildman–Crippen MR) is 81.2 cm³/mol. The van der Waals surface area contributed by atoms with Crippen molar-refractivity contribution in [2.75, 3.05) is 13.2 Å². The van der Waals surface area contributed by atoms with E-state index in [9.17, 15) is 0 Å². The van der Waals surface area contributed by atoms with Gasteiger partial charge in [-0.05, 0) is 24.3 Å². The fourth-order valence-corrected chi connectivity index (χ4v) is 3.93. The molecule has 4 nitrogen and oxygen atoms in total. The summed E-state index contributed by atoms with van der Waals surface area (Å²) in [5.74, 6) is 0.357. The van der Waals surface area contributed by atoms with Gasteiger partial charge in [0.15, 0.2) is 5.79 Å². The summed E-state index contributed by atoms with van der Waals surface area (Å²) in [6, 6.07) is 8.77. The molecule has 5 heteroatoms. The van der Waals surface area contributed by atoms with Crippen molar-refractivity contribution in [2.24, 2.45) is 0 Å². The summed E-state index contributed by atoms with van der Waals surface area (Å²) in [6.07, 6.45) is 4.29.